The fraction of sp³-hybridized carbons (Fsp3) is 0.500. The smallest absolute Gasteiger partial charge is 0.106 e. The Bertz CT molecular complexity index is 91.1. The second-order valence-corrected chi connectivity index (χ2v) is 2.54. The van der Waals surface area contributed by atoms with Crippen LogP contribution < -0.4 is 0 Å². The third-order valence-corrected chi connectivity index (χ3v) is 1.04. The van der Waals surface area contributed by atoms with Crippen LogP contribution in [0.1, 0.15) is 20.3 Å². The first kappa shape index (κ1) is 8.28. The van der Waals surface area contributed by atoms with Gasteiger partial charge in [0.05, 0.1) is 6.26 Å². The topological polar surface area (TPSA) is 9.23 Å². The Labute approximate surface area is 57.0 Å². The van der Waals surface area contributed by atoms with Crippen molar-refractivity contribution < 1.29 is 4.74 Å². The van der Waals surface area contributed by atoms with Gasteiger partial charge in [-0.2, -0.15) is 0 Å². The Balaban J connectivity index is 3.68. The summed E-state index contributed by atoms with van der Waals surface area (Å²) in [7, 11) is 0. The minimum atomic E-state index is -0.135. The van der Waals surface area contributed by atoms with E-state index in [4.69, 9.17) is 4.74 Å². The van der Waals surface area contributed by atoms with Crippen LogP contribution in [-0.4, -0.2) is 5.60 Å². The molecule has 52 valence electrons. The standard InChI is InChI=1S/C8H14O/c1-5-7-8(3,4)9-6-2/h5-6H,1-2,7H2,3-4H3. The van der Waals surface area contributed by atoms with Crippen molar-refractivity contribution in [1.29, 1.82) is 0 Å². The van der Waals surface area contributed by atoms with Crippen molar-refractivity contribution in [2.45, 2.75) is 25.9 Å². The zero-order valence-electron chi connectivity index (χ0n) is 6.18. The van der Waals surface area contributed by atoms with Gasteiger partial charge in [0.25, 0.3) is 0 Å². The van der Waals surface area contributed by atoms with Gasteiger partial charge in [0, 0.05) is 6.42 Å². The maximum atomic E-state index is 5.16. The van der Waals surface area contributed by atoms with Crippen LogP contribution in [0, 0.1) is 0 Å². The zero-order valence-corrected chi connectivity index (χ0v) is 6.18. The van der Waals surface area contributed by atoms with Gasteiger partial charge in [0.15, 0.2) is 0 Å². The lowest BCUT2D eigenvalue weighted by Gasteiger charge is -2.21. The maximum Gasteiger partial charge on any atom is 0.106 e. The minimum Gasteiger partial charge on any atom is -0.496 e. The fourth-order valence-electron chi connectivity index (χ4n) is 0.621. The van der Waals surface area contributed by atoms with Gasteiger partial charge in [-0.3, -0.25) is 0 Å². The van der Waals surface area contributed by atoms with Crippen molar-refractivity contribution in [2.24, 2.45) is 0 Å². The van der Waals surface area contributed by atoms with Crippen LogP contribution in [0.3, 0.4) is 0 Å². The number of ether oxygens (including phenoxy) is 1. The van der Waals surface area contributed by atoms with Crippen LogP contribution in [0.25, 0.3) is 0 Å². The van der Waals surface area contributed by atoms with E-state index in [0.717, 1.165) is 6.42 Å². The average molecular weight is 126 g/mol. The lowest BCUT2D eigenvalue weighted by atomic mass is 10.1. The molecule has 0 spiro atoms. The van der Waals surface area contributed by atoms with Crippen molar-refractivity contribution in [3.8, 4) is 0 Å². The lowest BCUT2D eigenvalue weighted by molar-refractivity contribution is 0.0617. The van der Waals surface area contributed by atoms with Crippen molar-refractivity contribution >= 4 is 0 Å². The summed E-state index contributed by atoms with van der Waals surface area (Å²) >= 11 is 0. The molecule has 0 saturated heterocycles. The second-order valence-electron chi connectivity index (χ2n) is 2.54. The van der Waals surface area contributed by atoms with Gasteiger partial charge in [-0.25, -0.2) is 0 Å². The van der Waals surface area contributed by atoms with Crippen LogP contribution in [-0.2, 0) is 4.74 Å². The molecule has 9 heavy (non-hydrogen) atoms. The molecule has 0 unspecified atom stereocenters. The highest BCUT2D eigenvalue weighted by atomic mass is 16.5. The molecule has 0 aromatic heterocycles. The number of hydrogen-bond donors (Lipinski definition) is 0. The fourth-order valence-corrected chi connectivity index (χ4v) is 0.621. The predicted octanol–water partition coefficient (Wildman–Crippen LogP) is 2.50. The highest BCUT2D eigenvalue weighted by Crippen LogP contribution is 2.13. The van der Waals surface area contributed by atoms with E-state index in [-0.39, 0.29) is 5.60 Å². The van der Waals surface area contributed by atoms with Crippen LogP contribution >= 0.6 is 0 Å². The van der Waals surface area contributed by atoms with Gasteiger partial charge in [-0.15, -0.1) is 6.58 Å². The molecule has 0 aliphatic carbocycles. The van der Waals surface area contributed by atoms with Gasteiger partial charge >= 0.3 is 0 Å². The molecule has 0 rings (SSSR count). The molecule has 0 aromatic rings. The number of hydrogen-bond acceptors (Lipinski definition) is 1. The Morgan fingerprint density at radius 2 is 2.00 bits per heavy atom. The Morgan fingerprint density at radius 1 is 1.44 bits per heavy atom. The van der Waals surface area contributed by atoms with Gasteiger partial charge in [-0.1, -0.05) is 12.7 Å². The molecular formula is C8H14O. The molecule has 0 aliphatic rings. The third kappa shape index (κ3) is 3.83. The van der Waals surface area contributed by atoms with E-state index in [1.54, 1.807) is 0 Å². The van der Waals surface area contributed by atoms with Gasteiger partial charge < -0.3 is 4.74 Å². The van der Waals surface area contributed by atoms with E-state index in [0.29, 0.717) is 0 Å². The predicted molar refractivity (Wildman–Crippen MR) is 40.2 cm³/mol. The van der Waals surface area contributed by atoms with Gasteiger partial charge in [0.1, 0.15) is 5.60 Å². The molecule has 0 radical (unpaired) electrons. The van der Waals surface area contributed by atoms with E-state index < -0.39 is 0 Å². The van der Waals surface area contributed by atoms with Crippen LogP contribution in [0.15, 0.2) is 25.5 Å². The summed E-state index contributed by atoms with van der Waals surface area (Å²) in [5, 5.41) is 0. The molecule has 0 bridgehead atoms. The van der Waals surface area contributed by atoms with Crippen LogP contribution in [0.2, 0.25) is 0 Å². The molecule has 0 atom stereocenters. The number of rotatable bonds is 4. The van der Waals surface area contributed by atoms with E-state index in [9.17, 15) is 0 Å². The first-order valence-electron chi connectivity index (χ1n) is 3.02. The quantitative estimate of drug-likeness (QED) is 0.415. The summed E-state index contributed by atoms with van der Waals surface area (Å²) in [5.41, 5.74) is -0.135. The minimum absolute atomic E-state index is 0.135. The summed E-state index contributed by atoms with van der Waals surface area (Å²) in [5.74, 6) is 0. The van der Waals surface area contributed by atoms with Gasteiger partial charge in [-0.05, 0) is 13.8 Å². The Kier molecular flexibility index (Phi) is 3.07. The SMILES string of the molecule is C=CCC(C)(C)OC=C. The molecule has 0 aromatic carbocycles. The summed E-state index contributed by atoms with van der Waals surface area (Å²) < 4.78 is 5.16. The summed E-state index contributed by atoms with van der Waals surface area (Å²) in [6.07, 6.45) is 4.14. The molecule has 1 nitrogen and oxygen atoms in total. The molecule has 1 heteroatoms. The maximum absolute atomic E-state index is 5.16. The molecule has 0 saturated carbocycles. The lowest BCUT2D eigenvalue weighted by Crippen LogP contribution is -2.19. The highest BCUT2D eigenvalue weighted by molar-refractivity contribution is 4.81. The van der Waals surface area contributed by atoms with E-state index in [1.165, 1.54) is 6.26 Å². The Morgan fingerprint density at radius 3 is 2.33 bits per heavy atom. The summed E-state index contributed by atoms with van der Waals surface area (Å²) in [4.78, 5) is 0. The van der Waals surface area contributed by atoms with Crippen molar-refractivity contribution in [1.82, 2.24) is 0 Å². The molecule has 0 N–H and O–H groups in total. The first-order valence-corrected chi connectivity index (χ1v) is 3.02. The van der Waals surface area contributed by atoms with E-state index in [1.807, 2.05) is 19.9 Å². The van der Waals surface area contributed by atoms with E-state index in [2.05, 4.69) is 13.2 Å². The monoisotopic (exact) mass is 126 g/mol. The van der Waals surface area contributed by atoms with Crippen molar-refractivity contribution in [3.63, 3.8) is 0 Å². The van der Waals surface area contributed by atoms with Crippen molar-refractivity contribution in [2.75, 3.05) is 0 Å². The molecule has 0 heterocycles. The van der Waals surface area contributed by atoms with Crippen LogP contribution in [0.5, 0.6) is 0 Å². The second kappa shape index (κ2) is 3.33. The molecular weight excluding hydrogens is 112 g/mol. The summed E-state index contributed by atoms with van der Waals surface area (Å²) in [6.45, 7) is 11.1. The molecule has 0 fully saturated rings. The summed E-state index contributed by atoms with van der Waals surface area (Å²) in [6, 6.07) is 0. The normalized spacial score (nSPS) is 10.4. The van der Waals surface area contributed by atoms with Gasteiger partial charge in [0.2, 0.25) is 0 Å². The Hall–Kier alpha value is -0.720. The van der Waals surface area contributed by atoms with E-state index >= 15 is 0 Å². The zero-order chi connectivity index (χ0) is 7.33. The third-order valence-electron chi connectivity index (χ3n) is 1.04. The van der Waals surface area contributed by atoms with Crippen LogP contribution in [0.4, 0.5) is 0 Å². The largest absolute Gasteiger partial charge is 0.496 e. The molecule has 0 amide bonds. The average Bonchev–Trinajstić information content (AvgIpc) is 1.64. The highest BCUT2D eigenvalue weighted by Gasteiger charge is 2.13. The van der Waals surface area contributed by atoms with Crippen molar-refractivity contribution in [3.05, 3.63) is 25.5 Å². The molecule has 0 aliphatic heterocycles. The first-order chi connectivity index (χ1) is 4.12.